The van der Waals surface area contributed by atoms with Crippen molar-refractivity contribution in [3.63, 3.8) is 0 Å². The van der Waals surface area contributed by atoms with Gasteiger partial charge in [0.2, 0.25) is 0 Å². The molecule has 1 saturated carbocycles. The van der Waals surface area contributed by atoms with Crippen molar-refractivity contribution in [2.45, 2.75) is 58.1 Å². The fourth-order valence-corrected chi connectivity index (χ4v) is 2.79. The number of benzene rings is 1. The van der Waals surface area contributed by atoms with Crippen molar-refractivity contribution in [2.24, 2.45) is 0 Å². The molecule has 2 amide bonds. The molecule has 0 aromatic heterocycles. The Labute approximate surface area is 131 Å². The number of hydrogen-bond donors (Lipinski definition) is 3. The van der Waals surface area contributed by atoms with Crippen LogP contribution in [0.3, 0.4) is 0 Å². The summed E-state index contributed by atoms with van der Waals surface area (Å²) in [5, 5.41) is 14.8. The molecule has 1 fully saturated rings. The van der Waals surface area contributed by atoms with Crippen LogP contribution < -0.4 is 10.6 Å². The van der Waals surface area contributed by atoms with Crippen LogP contribution in [0.25, 0.3) is 0 Å². The van der Waals surface area contributed by atoms with Gasteiger partial charge in [-0.25, -0.2) is 0 Å². The summed E-state index contributed by atoms with van der Waals surface area (Å²) in [6, 6.07) is 5.62. The molecule has 0 atom stereocenters. The Bertz CT molecular complexity index is 549. The number of aliphatic hydroxyl groups excluding tert-OH is 1. The Hall–Kier alpha value is -1.88. The van der Waals surface area contributed by atoms with Gasteiger partial charge < -0.3 is 15.7 Å². The molecule has 0 saturated heterocycles. The second-order valence-electron chi connectivity index (χ2n) is 5.93. The van der Waals surface area contributed by atoms with Gasteiger partial charge in [0, 0.05) is 11.7 Å². The first kappa shape index (κ1) is 16.5. The highest BCUT2D eigenvalue weighted by Gasteiger charge is 2.23. The van der Waals surface area contributed by atoms with E-state index in [9.17, 15) is 14.7 Å². The Morgan fingerprint density at radius 1 is 1.18 bits per heavy atom. The number of carbonyl (C=O) groups excluding carboxylic acids is 2. The first-order valence-electron chi connectivity index (χ1n) is 7.89. The van der Waals surface area contributed by atoms with Crippen molar-refractivity contribution >= 4 is 17.5 Å². The molecule has 1 aliphatic rings. The molecule has 5 nitrogen and oxygen atoms in total. The first-order chi connectivity index (χ1) is 10.5. The van der Waals surface area contributed by atoms with Crippen LogP contribution in [0.15, 0.2) is 18.2 Å². The molecule has 1 aromatic rings. The maximum absolute atomic E-state index is 12.0. The Morgan fingerprint density at radius 2 is 1.86 bits per heavy atom. The van der Waals surface area contributed by atoms with Crippen molar-refractivity contribution in [3.8, 4) is 0 Å². The third-order valence-electron chi connectivity index (χ3n) is 4.23. The molecule has 0 aliphatic heterocycles. The minimum Gasteiger partial charge on any atom is -0.393 e. The standard InChI is InChI=1S/C17H24N2O3/c1-3-12-10-14(5-4-11(12)2)19-17(22)16(21)18-13-6-8-15(20)9-7-13/h4-5,10,13,15,20H,3,6-9H2,1-2H3,(H,18,21)(H,19,22). The summed E-state index contributed by atoms with van der Waals surface area (Å²) >= 11 is 0. The number of amides is 2. The van der Waals surface area contributed by atoms with Crippen molar-refractivity contribution in [1.82, 2.24) is 5.32 Å². The number of nitrogens with one attached hydrogen (secondary N) is 2. The van der Waals surface area contributed by atoms with Crippen molar-refractivity contribution in [3.05, 3.63) is 29.3 Å². The van der Waals surface area contributed by atoms with Gasteiger partial charge in [-0.3, -0.25) is 9.59 Å². The van der Waals surface area contributed by atoms with Crippen LogP contribution in [-0.2, 0) is 16.0 Å². The van der Waals surface area contributed by atoms with Gasteiger partial charge in [0.15, 0.2) is 0 Å². The summed E-state index contributed by atoms with van der Waals surface area (Å²) < 4.78 is 0. The predicted octanol–water partition coefficient (Wildman–Crippen LogP) is 1.92. The smallest absolute Gasteiger partial charge is 0.313 e. The van der Waals surface area contributed by atoms with E-state index in [-0.39, 0.29) is 12.1 Å². The lowest BCUT2D eigenvalue weighted by atomic mass is 9.93. The molecule has 120 valence electrons. The van der Waals surface area contributed by atoms with Crippen LogP contribution in [0.4, 0.5) is 5.69 Å². The van der Waals surface area contributed by atoms with Crippen molar-refractivity contribution < 1.29 is 14.7 Å². The molecular weight excluding hydrogens is 280 g/mol. The van der Waals surface area contributed by atoms with E-state index in [0.717, 1.165) is 12.0 Å². The third kappa shape index (κ3) is 4.31. The van der Waals surface area contributed by atoms with Crippen LogP contribution in [-0.4, -0.2) is 29.1 Å². The number of carbonyl (C=O) groups is 2. The van der Waals surface area contributed by atoms with Gasteiger partial charge in [0.25, 0.3) is 0 Å². The van der Waals surface area contributed by atoms with Gasteiger partial charge in [0.1, 0.15) is 0 Å². The topological polar surface area (TPSA) is 78.4 Å². The molecule has 1 aliphatic carbocycles. The summed E-state index contributed by atoms with van der Waals surface area (Å²) in [4.78, 5) is 23.9. The van der Waals surface area contributed by atoms with Gasteiger partial charge in [-0.1, -0.05) is 13.0 Å². The summed E-state index contributed by atoms with van der Waals surface area (Å²) in [5.74, 6) is -1.25. The highest BCUT2D eigenvalue weighted by molar-refractivity contribution is 6.39. The molecule has 2 rings (SSSR count). The van der Waals surface area contributed by atoms with E-state index in [1.807, 2.05) is 19.1 Å². The summed E-state index contributed by atoms with van der Waals surface area (Å²) in [6.45, 7) is 4.08. The minimum atomic E-state index is -0.642. The van der Waals surface area contributed by atoms with Gasteiger partial charge in [-0.15, -0.1) is 0 Å². The fraction of sp³-hybridized carbons (Fsp3) is 0.529. The lowest BCUT2D eigenvalue weighted by Gasteiger charge is -2.25. The zero-order valence-electron chi connectivity index (χ0n) is 13.2. The molecule has 22 heavy (non-hydrogen) atoms. The van der Waals surface area contributed by atoms with Crippen LogP contribution in [0.2, 0.25) is 0 Å². The van der Waals surface area contributed by atoms with E-state index < -0.39 is 11.8 Å². The van der Waals surface area contributed by atoms with E-state index in [1.165, 1.54) is 5.56 Å². The molecule has 0 bridgehead atoms. The second-order valence-corrected chi connectivity index (χ2v) is 5.93. The lowest BCUT2D eigenvalue weighted by molar-refractivity contribution is -0.136. The fourth-order valence-electron chi connectivity index (χ4n) is 2.79. The van der Waals surface area contributed by atoms with Crippen molar-refractivity contribution in [2.75, 3.05) is 5.32 Å². The van der Waals surface area contributed by atoms with E-state index in [0.29, 0.717) is 31.4 Å². The second kappa shape index (κ2) is 7.40. The van der Waals surface area contributed by atoms with E-state index in [2.05, 4.69) is 17.6 Å². The van der Waals surface area contributed by atoms with Crippen LogP contribution >= 0.6 is 0 Å². The van der Waals surface area contributed by atoms with Crippen LogP contribution in [0.5, 0.6) is 0 Å². The highest BCUT2D eigenvalue weighted by atomic mass is 16.3. The summed E-state index contributed by atoms with van der Waals surface area (Å²) in [5.41, 5.74) is 2.96. The monoisotopic (exact) mass is 304 g/mol. The SMILES string of the molecule is CCc1cc(NC(=O)C(=O)NC2CCC(O)CC2)ccc1C. The molecule has 5 heteroatoms. The Balaban J connectivity index is 1.90. The maximum Gasteiger partial charge on any atom is 0.313 e. The first-order valence-corrected chi connectivity index (χ1v) is 7.89. The zero-order valence-corrected chi connectivity index (χ0v) is 13.2. The predicted molar refractivity (Wildman–Crippen MR) is 85.6 cm³/mol. The highest BCUT2D eigenvalue weighted by Crippen LogP contribution is 2.18. The number of anilines is 1. The maximum atomic E-state index is 12.0. The van der Waals surface area contributed by atoms with E-state index in [4.69, 9.17) is 0 Å². The molecular formula is C17H24N2O3. The molecule has 0 radical (unpaired) electrons. The zero-order chi connectivity index (χ0) is 16.1. The number of aliphatic hydroxyl groups is 1. The number of rotatable bonds is 3. The molecule has 0 heterocycles. The molecule has 1 aromatic carbocycles. The summed E-state index contributed by atoms with van der Waals surface area (Å²) in [6.07, 6.45) is 3.37. The van der Waals surface area contributed by atoms with Crippen LogP contribution in [0, 0.1) is 6.92 Å². The average molecular weight is 304 g/mol. The molecule has 3 N–H and O–H groups in total. The van der Waals surface area contributed by atoms with Crippen molar-refractivity contribution in [1.29, 1.82) is 0 Å². The Morgan fingerprint density at radius 3 is 2.50 bits per heavy atom. The summed E-state index contributed by atoms with van der Waals surface area (Å²) in [7, 11) is 0. The van der Waals surface area contributed by atoms with Gasteiger partial charge in [-0.2, -0.15) is 0 Å². The van der Waals surface area contributed by atoms with E-state index in [1.54, 1.807) is 6.07 Å². The van der Waals surface area contributed by atoms with Gasteiger partial charge in [0.05, 0.1) is 6.10 Å². The number of hydrogen-bond acceptors (Lipinski definition) is 3. The third-order valence-corrected chi connectivity index (χ3v) is 4.23. The normalized spacial score (nSPS) is 21.2. The van der Waals surface area contributed by atoms with Crippen LogP contribution in [0.1, 0.15) is 43.7 Å². The lowest BCUT2D eigenvalue weighted by Crippen LogP contribution is -2.43. The van der Waals surface area contributed by atoms with Gasteiger partial charge in [-0.05, 0) is 62.3 Å². The number of aryl methyl sites for hydroxylation is 2. The Kier molecular flexibility index (Phi) is 5.55. The molecule has 0 spiro atoms. The molecule has 0 unspecified atom stereocenters. The van der Waals surface area contributed by atoms with E-state index >= 15 is 0 Å². The van der Waals surface area contributed by atoms with Gasteiger partial charge >= 0.3 is 11.8 Å². The minimum absolute atomic E-state index is 0.0223. The quantitative estimate of drug-likeness (QED) is 0.747. The largest absolute Gasteiger partial charge is 0.393 e. The average Bonchev–Trinajstić information content (AvgIpc) is 2.51.